The molecule has 14 heavy (non-hydrogen) atoms. The van der Waals surface area contributed by atoms with Crippen LogP contribution in [0.4, 0.5) is 0 Å². The van der Waals surface area contributed by atoms with Crippen LogP contribution in [0.5, 0.6) is 0 Å². The first-order valence-electron chi connectivity index (χ1n) is 3.53. The molecule has 0 saturated carbocycles. The van der Waals surface area contributed by atoms with Crippen molar-refractivity contribution < 1.29 is 27.2 Å². The maximum Gasteiger partial charge on any atom is 0.368 e. The highest BCUT2D eigenvalue weighted by Gasteiger charge is 2.41. The predicted molar refractivity (Wildman–Crippen MR) is 52.4 cm³/mol. The van der Waals surface area contributed by atoms with Crippen molar-refractivity contribution in [2.24, 2.45) is 0 Å². The van der Waals surface area contributed by atoms with Gasteiger partial charge in [-0.1, -0.05) is 6.58 Å². The molecule has 0 heterocycles. The van der Waals surface area contributed by atoms with Gasteiger partial charge in [-0.2, -0.15) is 0 Å². The number of hydrogen-bond donors (Lipinski definition) is 0. The van der Waals surface area contributed by atoms with E-state index in [-0.39, 0.29) is 5.06 Å². The third kappa shape index (κ3) is 2.54. The molecule has 0 N–H and O–H groups in total. The van der Waals surface area contributed by atoms with Gasteiger partial charge >= 0.3 is 15.2 Å². The first kappa shape index (κ1) is 14.0. The summed E-state index contributed by atoms with van der Waals surface area (Å²) in [6.07, 6.45) is 0. The van der Waals surface area contributed by atoms with Crippen molar-refractivity contribution in [1.29, 1.82) is 0 Å². The van der Waals surface area contributed by atoms with E-state index in [1.54, 1.807) is 0 Å². The van der Waals surface area contributed by atoms with E-state index >= 15 is 0 Å². The first-order valence-corrected chi connectivity index (χ1v) is 6.61. The minimum Gasteiger partial charge on any atom is -0.308 e. The summed E-state index contributed by atoms with van der Waals surface area (Å²) in [7, 11) is -2.64. The van der Waals surface area contributed by atoms with Gasteiger partial charge in [-0.05, 0) is 0 Å². The van der Waals surface area contributed by atoms with Crippen LogP contribution in [0.2, 0.25) is 0 Å². The molecule has 6 nitrogen and oxygen atoms in total. The molecular formula is C6H14O6P2. The van der Waals surface area contributed by atoms with E-state index in [4.69, 9.17) is 0 Å². The zero-order valence-corrected chi connectivity index (χ0v) is 10.3. The van der Waals surface area contributed by atoms with Crippen molar-refractivity contribution >= 4 is 15.2 Å². The van der Waals surface area contributed by atoms with E-state index < -0.39 is 15.2 Å². The summed E-state index contributed by atoms with van der Waals surface area (Å²) in [5.74, 6) is 0. The Morgan fingerprint density at radius 2 is 1.07 bits per heavy atom. The highest BCUT2D eigenvalue weighted by molar-refractivity contribution is 7.78. The normalized spacial score (nSPS) is 12.9. The molecule has 0 amide bonds. The maximum atomic E-state index is 11.7. The van der Waals surface area contributed by atoms with Gasteiger partial charge in [-0.3, -0.25) is 9.13 Å². The van der Waals surface area contributed by atoms with E-state index in [1.165, 1.54) is 0 Å². The molecule has 0 spiro atoms. The van der Waals surface area contributed by atoms with Crippen LogP contribution >= 0.6 is 15.2 Å². The second kappa shape index (κ2) is 5.21. The van der Waals surface area contributed by atoms with Crippen molar-refractivity contribution in [2.75, 3.05) is 28.4 Å². The van der Waals surface area contributed by atoms with Crippen LogP contribution in [0.1, 0.15) is 0 Å². The van der Waals surface area contributed by atoms with Crippen molar-refractivity contribution in [3.8, 4) is 0 Å². The average molecular weight is 244 g/mol. The highest BCUT2D eigenvalue weighted by Crippen LogP contribution is 2.71. The van der Waals surface area contributed by atoms with Gasteiger partial charge in [-0.25, -0.2) is 0 Å². The van der Waals surface area contributed by atoms with E-state index in [0.29, 0.717) is 0 Å². The van der Waals surface area contributed by atoms with Crippen molar-refractivity contribution in [1.82, 2.24) is 0 Å². The van der Waals surface area contributed by atoms with Gasteiger partial charge in [0.1, 0.15) is 5.06 Å². The van der Waals surface area contributed by atoms with Gasteiger partial charge in [-0.15, -0.1) is 0 Å². The molecule has 0 saturated heterocycles. The lowest BCUT2D eigenvalue weighted by molar-refractivity contribution is 0.269. The van der Waals surface area contributed by atoms with E-state index in [2.05, 4.69) is 24.7 Å². The van der Waals surface area contributed by atoms with Crippen molar-refractivity contribution in [3.05, 3.63) is 11.6 Å². The fourth-order valence-electron chi connectivity index (χ4n) is 0.721. The molecule has 0 fully saturated rings. The second-order valence-corrected chi connectivity index (χ2v) is 7.02. The third-order valence-electron chi connectivity index (χ3n) is 1.59. The lowest BCUT2D eigenvalue weighted by Gasteiger charge is -2.21. The molecule has 0 aliphatic rings. The Hall–Kier alpha value is 0.0400. The third-order valence-corrected chi connectivity index (χ3v) is 6.25. The molecule has 0 atom stereocenters. The zero-order chi connectivity index (χ0) is 11.4. The summed E-state index contributed by atoms with van der Waals surface area (Å²) in [6, 6.07) is 0. The Morgan fingerprint density at radius 3 is 1.21 bits per heavy atom. The molecule has 0 aliphatic carbocycles. The summed E-state index contributed by atoms with van der Waals surface area (Å²) in [5, 5.41) is -0.319. The predicted octanol–water partition coefficient (Wildman–Crippen LogP) is 2.43. The summed E-state index contributed by atoms with van der Waals surface area (Å²) in [5.41, 5.74) is 0. The highest BCUT2D eigenvalue weighted by atomic mass is 31.2. The molecule has 8 heteroatoms. The molecule has 0 bridgehead atoms. The van der Waals surface area contributed by atoms with Crippen LogP contribution in [0.25, 0.3) is 0 Å². The Labute approximate surface area is 83.3 Å². The standard InChI is InChI=1S/C6H14O6P2/c1-6(13(7,9-2)10-3)14(8,11-4)12-5/h1H2,2-5H3. The quantitative estimate of drug-likeness (QED) is 0.668. The lowest BCUT2D eigenvalue weighted by atomic mass is 11.2. The fraction of sp³-hybridized carbons (Fsp3) is 0.667. The molecular weight excluding hydrogens is 230 g/mol. The van der Waals surface area contributed by atoms with Gasteiger partial charge in [0, 0.05) is 28.4 Å². The molecule has 0 rings (SSSR count). The van der Waals surface area contributed by atoms with Gasteiger partial charge in [0.25, 0.3) is 0 Å². The van der Waals surface area contributed by atoms with Gasteiger partial charge in [0.05, 0.1) is 0 Å². The van der Waals surface area contributed by atoms with E-state index in [9.17, 15) is 9.13 Å². The van der Waals surface area contributed by atoms with Crippen LogP contribution in [0.3, 0.4) is 0 Å². The molecule has 0 radical (unpaired) electrons. The summed E-state index contributed by atoms with van der Waals surface area (Å²) in [6.45, 7) is 3.36. The summed E-state index contributed by atoms with van der Waals surface area (Å²) >= 11 is 0. The van der Waals surface area contributed by atoms with Crippen molar-refractivity contribution in [3.63, 3.8) is 0 Å². The molecule has 0 aromatic heterocycles. The minimum absolute atomic E-state index is 0.319. The largest absolute Gasteiger partial charge is 0.368 e. The Bertz CT molecular complexity index is 255. The lowest BCUT2D eigenvalue weighted by Crippen LogP contribution is -1.97. The van der Waals surface area contributed by atoms with Crippen LogP contribution in [0.15, 0.2) is 11.6 Å². The van der Waals surface area contributed by atoms with Crippen LogP contribution in [-0.4, -0.2) is 28.4 Å². The van der Waals surface area contributed by atoms with Crippen molar-refractivity contribution in [2.45, 2.75) is 0 Å². The first-order chi connectivity index (χ1) is 6.40. The molecule has 0 aliphatic heterocycles. The molecule has 0 unspecified atom stereocenters. The fourth-order valence-corrected chi connectivity index (χ4v) is 4.04. The Balaban J connectivity index is 5.12. The topological polar surface area (TPSA) is 71.1 Å². The SMILES string of the molecule is C=C(P(=O)(OC)OC)P(=O)(OC)OC. The molecule has 0 aromatic rings. The second-order valence-electron chi connectivity index (χ2n) is 2.14. The maximum absolute atomic E-state index is 11.7. The Morgan fingerprint density at radius 1 is 0.857 bits per heavy atom. The summed E-state index contributed by atoms with van der Waals surface area (Å²) in [4.78, 5) is 0. The molecule has 0 aromatic carbocycles. The number of hydrogen-bond acceptors (Lipinski definition) is 6. The molecule has 84 valence electrons. The smallest absolute Gasteiger partial charge is 0.308 e. The van der Waals surface area contributed by atoms with Gasteiger partial charge in [0.15, 0.2) is 0 Å². The monoisotopic (exact) mass is 244 g/mol. The average Bonchev–Trinajstić information content (AvgIpc) is 2.25. The minimum atomic E-state index is -3.63. The van der Waals surface area contributed by atoms with Crippen LogP contribution < -0.4 is 0 Å². The van der Waals surface area contributed by atoms with Crippen LogP contribution in [0, 0.1) is 0 Å². The van der Waals surface area contributed by atoms with Crippen LogP contribution in [-0.2, 0) is 27.2 Å². The van der Waals surface area contributed by atoms with Gasteiger partial charge < -0.3 is 18.1 Å². The van der Waals surface area contributed by atoms with E-state index in [1.807, 2.05) is 0 Å². The Kier molecular flexibility index (Phi) is 5.23. The summed E-state index contributed by atoms with van der Waals surface area (Å²) < 4.78 is 41.9. The van der Waals surface area contributed by atoms with E-state index in [0.717, 1.165) is 28.4 Å². The zero-order valence-electron chi connectivity index (χ0n) is 8.55. The van der Waals surface area contributed by atoms with Gasteiger partial charge in [0.2, 0.25) is 0 Å². The number of rotatable bonds is 6.